The van der Waals surface area contributed by atoms with Crippen LogP contribution in [0.15, 0.2) is 53.4 Å². The van der Waals surface area contributed by atoms with Gasteiger partial charge in [0.25, 0.3) is 0 Å². The number of β-amino-alcohol motifs (C(OH)–C–C–N with tert-alkyl or cyclic N) is 1. The number of hydrogen-bond donors (Lipinski definition) is 1. The average Bonchev–Trinajstić information content (AvgIpc) is 3.10. The minimum Gasteiger partial charge on any atom is -0.390 e. The molecule has 2 aromatic carbocycles. The zero-order chi connectivity index (χ0) is 21.3. The number of benzene rings is 2. The summed E-state index contributed by atoms with van der Waals surface area (Å²) in [6.45, 7) is 5.61. The number of aryl methyl sites for hydroxylation is 1. The second kappa shape index (κ2) is 8.72. The molecule has 2 aromatic rings. The minimum absolute atomic E-state index is 0.00512. The first kappa shape index (κ1) is 21.4. The summed E-state index contributed by atoms with van der Waals surface area (Å²) < 4.78 is 41.0. The van der Waals surface area contributed by atoms with Crippen molar-refractivity contribution >= 4 is 10.0 Å². The van der Waals surface area contributed by atoms with Crippen LogP contribution in [-0.2, 0) is 16.6 Å². The minimum atomic E-state index is -3.73. The van der Waals surface area contributed by atoms with Gasteiger partial charge >= 0.3 is 0 Å². The summed E-state index contributed by atoms with van der Waals surface area (Å²) in [5.74, 6) is -0.551. The highest BCUT2D eigenvalue weighted by atomic mass is 32.2. The van der Waals surface area contributed by atoms with Gasteiger partial charge < -0.3 is 5.11 Å². The molecule has 0 aliphatic carbocycles. The molecule has 0 saturated carbocycles. The predicted molar refractivity (Wildman–Crippen MR) is 113 cm³/mol. The molecular formula is C22H28FN3O3S. The van der Waals surface area contributed by atoms with E-state index in [0.717, 1.165) is 19.2 Å². The van der Waals surface area contributed by atoms with Gasteiger partial charge in [-0.25, -0.2) is 12.8 Å². The van der Waals surface area contributed by atoms with E-state index in [1.54, 1.807) is 6.92 Å². The van der Waals surface area contributed by atoms with Crippen LogP contribution in [0.4, 0.5) is 4.39 Å². The summed E-state index contributed by atoms with van der Waals surface area (Å²) in [4.78, 5) is 4.45. The van der Waals surface area contributed by atoms with E-state index in [1.807, 2.05) is 18.2 Å². The molecule has 162 valence electrons. The Labute approximate surface area is 177 Å². The lowest BCUT2D eigenvalue weighted by molar-refractivity contribution is 0.0618. The Morgan fingerprint density at radius 2 is 1.73 bits per heavy atom. The van der Waals surface area contributed by atoms with Gasteiger partial charge in [-0.15, -0.1) is 0 Å². The van der Waals surface area contributed by atoms with Gasteiger partial charge in [0.1, 0.15) is 5.82 Å². The van der Waals surface area contributed by atoms with Gasteiger partial charge in [0.05, 0.1) is 11.0 Å². The summed E-state index contributed by atoms with van der Waals surface area (Å²) in [5.41, 5.74) is 1.76. The third-order valence-corrected chi connectivity index (χ3v) is 8.13. The highest BCUT2D eigenvalue weighted by Crippen LogP contribution is 2.25. The van der Waals surface area contributed by atoms with E-state index >= 15 is 0 Å². The van der Waals surface area contributed by atoms with Crippen LogP contribution >= 0.6 is 0 Å². The summed E-state index contributed by atoms with van der Waals surface area (Å²) in [7, 11) is -3.73. The normalized spacial score (nSPS) is 24.4. The predicted octanol–water partition coefficient (Wildman–Crippen LogP) is 1.69. The first-order valence-corrected chi connectivity index (χ1v) is 11.7. The quantitative estimate of drug-likeness (QED) is 0.778. The van der Waals surface area contributed by atoms with E-state index in [1.165, 1.54) is 22.0 Å². The van der Waals surface area contributed by atoms with Gasteiger partial charge in [-0.05, 0) is 30.2 Å². The van der Waals surface area contributed by atoms with E-state index in [2.05, 4.69) is 21.9 Å². The Morgan fingerprint density at radius 3 is 2.43 bits per heavy atom. The second-order valence-electron chi connectivity index (χ2n) is 8.16. The highest BCUT2D eigenvalue weighted by molar-refractivity contribution is 7.89. The number of hydrogen-bond acceptors (Lipinski definition) is 5. The van der Waals surface area contributed by atoms with Gasteiger partial charge in [0.2, 0.25) is 10.0 Å². The molecule has 2 atom stereocenters. The first-order chi connectivity index (χ1) is 14.3. The molecular weight excluding hydrogens is 405 g/mol. The van der Waals surface area contributed by atoms with Gasteiger partial charge in [-0.2, -0.15) is 4.31 Å². The van der Waals surface area contributed by atoms with Crippen molar-refractivity contribution < 1.29 is 17.9 Å². The summed E-state index contributed by atoms with van der Waals surface area (Å²) in [5, 5.41) is 10.6. The Balaban J connectivity index is 1.38. The fraction of sp³-hybridized carbons (Fsp3) is 0.455. The van der Waals surface area contributed by atoms with Crippen LogP contribution < -0.4 is 0 Å². The van der Waals surface area contributed by atoms with Crippen LogP contribution in [0.25, 0.3) is 0 Å². The molecule has 8 heteroatoms. The molecule has 0 radical (unpaired) electrons. The van der Waals surface area contributed by atoms with Crippen molar-refractivity contribution in [1.29, 1.82) is 0 Å². The van der Waals surface area contributed by atoms with Crippen molar-refractivity contribution in [3.63, 3.8) is 0 Å². The van der Waals surface area contributed by atoms with Gasteiger partial charge in [-0.3, -0.25) is 9.80 Å². The number of aliphatic hydroxyl groups is 1. The standard InChI is InChI=1S/C22H28FN3O3S/c1-17-7-8-19(23)13-22(17)30(28,29)26-11-9-25(10-12-26)20-15-24(16-21(20)27)14-18-5-3-2-4-6-18/h2-8,13,20-21,27H,9-12,14-16H2,1H3. The van der Waals surface area contributed by atoms with Crippen molar-refractivity contribution in [3.8, 4) is 0 Å². The monoisotopic (exact) mass is 433 g/mol. The smallest absolute Gasteiger partial charge is 0.243 e. The molecule has 2 fully saturated rings. The lowest BCUT2D eigenvalue weighted by Crippen LogP contribution is -2.54. The second-order valence-corrected chi connectivity index (χ2v) is 10.1. The van der Waals surface area contributed by atoms with Gasteiger partial charge in [-0.1, -0.05) is 36.4 Å². The number of aliphatic hydroxyl groups excluding tert-OH is 1. The van der Waals surface area contributed by atoms with Crippen LogP contribution in [0.1, 0.15) is 11.1 Å². The van der Waals surface area contributed by atoms with E-state index < -0.39 is 21.9 Å². The van der Waals surface area contributed by atoms with E-state index in [0.29, 0.717) is 38.3 Å². The SMILES string of the molecule is Cc1ccc(F)cc1S(=O)(=O)N1CCN(C2CN(Cc3ccccc3)CC2O)CC1. The van der Waals surface area contributed by atoms with Crippen molar-refractivity contribution in [2.24, 2.45) is 0 Å². The highest BCUT2D eigenvalue weighted by Gasteiger charge is 2.38. The Kier molecular flexibility index (Phi) is 6.22. The topological polar surface area (TPSA) is 64.1 Å². The number of nitrogens with zero attached hydrogens (tertiary/aromatic N) is 3. The molecule has 2 unspecified atom stereocenters. The van der Waals surface area contributed by atoms with Crippen LogP contribution in [0.2, 0.25) is 0 Å². The molecule has 4 rings (SSSR count). The van der Waals surface area contributed by atoms with E-state index in [-0.39, 0.29) is 10.9 Å². The van der Waals surface area contributed by atoms with Crippen molar-refractivity contribution in [2.75, 3.05) is 39.3 Å². The number of sulfonamides is 1. The molecule has 0 spiro atoms. The van der Waals surface area contributed by atoms with Crippen molar-refractivity contribution in [1.82, 2.24) is 14.1 Å². The van der Waals surface area contributed by atoms with Crippen LogP contribution in [0.5, 0.6) is 0 Å². The molecule has 0 bridgehead atoms. The summed E-state index contributed by atoms with van der Waals surface area (Å²) in [6.07, 6.45) is -0.456. The zero-order valence-corrected chi connectivity index (χ0v) is 17.9. The lowest BCUT2D eigenvalue weighted by atomic mass is 10.1. The molecule has 2 aliphatic heterocycles. The van der Waals surface area contributed by atoms with Gasteiger partial charge in [0.15, 0.2) is 0 Å². The Morgan fingerprint density at radius 1 is 1.03 bits per heavy atom. The Hall–Kier alpha value is -1.84. The van der Waals surface area contributed by atoms with Crippen LogP contribution in [-0.4, -0.2) is 79.0 Å². The molecule has 6 nitrogen and oxygen atoms in total. The fourth-order valence-corrected chi connectivity index (χ4v) is 6.10. The van der Waals surface area contributed by atoms with Crippen LogP contribution in [0, 0.1) is 12.7 Å². The van der Waals surface area contributed by atoms with E-state index in [4.69, 9.17) is 0 Å². The van der Waals surface area contributed by atoms with Gasteiger partial charge in [0, 0.05) is 51.9 Å². The lowest BCUT2D eigenvalue weighted by Gasteiger charge is -2.38. The third-order valence-electron chi connectivity index (χ3n) is 6.09. The molecule has 30 heavy (non-hydrogen) atoms. The van der Waals surface area contributed by atoms with Crippen LogP contribution in [0.3, 0.4) is 0 Å². The molecule has 0 amide bonds. The maximum absolute atomic E-state index is 13.6. The largest absolute Gasteiger partial charge is 0.390 e. The number of likely N-dealkylation sites (tertiary alicyclic amines) is 1. The molecule has 0 aromatic heterocycles. The van der Waals surface area contributed by atoms with Crippen molar-refractivity contribution in [3.05, 3.63) is 65.5 Å². The summed E-state index contributed by atoms with van der Waals surface area (Å²) >= 11 is 0. The summed E-state index contributed by atoms with van der Waals surface area (Å²) in [6, 6.07) is 14.0. The number of halogens is 1. The molecule has 2 saturated heterocycles. The fourth-order valence-electron chi connectivity index (χ4n) is 4.44. The van der Waals surface area contributed by atoms with Crippen molar-refractivity contribution in [2.45, 2.75) is 30.5 Å². The Bertz CT molecular complexity index is 978. The third kappa shape index (κ3) is 4.43. The average molecular weight is 434 g/mol. The number of rotatable bonds is 5. The maximum Gasteiger partial charge on any atom is 0.243 e. The molecule has 1 N–H and O–H groups in total. The first-order valence-electron chi connectivity index (χ1n) is 10.3. The molecule has 2 aliphatic rings. The maximum atomic E-state index is 13.6. The number of piperazine rings is 1. The van der Waals surface area contributed by atoms with E-state index in [9.17, 15) is 17.9 Å². The zero-order valence-electron chi connectivity index (χ0n) is 17.1. The molecule has 2 heterocycles.